The average molecular weight is 277 g/mol. The second-order valence-corrected chi connectivity index (χ2v) is 4.73. The predicted octanol–water partition coefficient (Wildman–Crippen LogP) is 3.59. The third-order valence-electron chi connectivity index (χ3n) is 2.70. The standard InChI is InChI=1S/C11H14BrN.ClH/c1-7-6-9(4-5-10(7)12)11(13)8-2-3-8;/h4-6,8,11H,2-3,13H2,1H3;1H/t11-;/m1./s1. The molecule has 1 fully saturated rings. The van der Waals surface area contributed by atoms with Crippen LogP contribution in [0.1, 0.15) is 30.0 Å². The van der Waals surface area contributed by atoms with E-state index in [1.807, 2.05) is 0 Å². The van der Waals surface area contributed by atoms with E-state index in [-0.39, 0.29) is 18.4 Å². The third kappa shape index (κ3) is 2.50. The zero-order chi connectivity index (χ0) is 9.42. The molecule has 14 heavy (non-hydrogen) atoms. The number of hydrogen-bond donors (Lipinski definition) is 1. The van der Waals surface area contributed by atoms with Crippen LogP contribution in [-0.2, 0) is 0 Å². The molecule has 0 amide bonds. The van der Waals surface area contributed by atoms with E-state index in [1.165, 1.54) is 28.4 Å². The normalized spacial score (nSPS) is 17.4. The lowest BCUT2D eigenvalue weighted by molar-refractivity contribution is 0.633. The van der Waals surface area contributed by atoms with E-state index in [0.29, 0.717) is 0 Å². The van der Waals surface area contributed by atoms with Gasteiger partial charge in [-0.3, -0.25) is 0 Å². The summed E-state index contributed by atoms with van der Waals surface area (Å²) in [6.07, 6.45) is 2.60. The lowest BCUT2D eigenvalue weighted by atomic mass is 10.0. The quantitative estimate of drug-likeness (QED) is 0.878. The maximum atomic E-state index is 6.10. The highest BCUT2D eigenvalue weighted by molar-refractivity contribution is 9.10. The minimum atomic E-state index is 0. The molecule has 1 aliphatic carbocycles. The lowest BCUT2D eigenvalue weighted by Gasteiger charge is -2.11. The van der Waals surface area contributed by atoms with Crippen LogP contribution < -0.4 is 5.73 Å². The number of halogens is 2. The Morgan fingerprint density at radius 2 is 2.07 bits per heavy atom. The first kappa shape index (κ1) is 12.0. The van der Waals surface area contributed by atoms with Crippen molar-refractivity contribution in [3.63, 3.8) is 0 Å². The molecule has 2 N–H and O–H groups in total. The third-order valence-corrected chi connectivity index (χ3v) is 3.59. The van der Waals surface area contributed by atoms with Crippen molar-refractivity contribution in [3.05, 3.63) is 33.8 Å². The number of benzene rings is 1. The predicted molar refractivity (Wildman–Crippen MR) is 65.8 cm³/mol. The maximum absolute atomic E-state index is 6.10. The molecule has 0 bridgehead atoms. The number of nitrogens with two attached hydrogens (primary N) is 1. The van der Waals surface area contributed by atoms with E-state index in [2.05, 4.69) is 41.1 Å². The van der Waals surface area contributed by atoms with Gasteiger partial charge in [-0.1, -0.05) is 28.1 Å². The van der Waals surface area contributed by atoms with E-state index in [4.69, 9.17) is 5.73 Å². The average Bonchev–Trinajstić information content (AvgIpc) is 2.91. The van der Waals surface area contributed by atoms with Gasteiger partial charge in [0.15, 0.2) is 0 Å². The smallest absolute Gasteiger partial charge is 0.0323 e. The Hall–Kier alpha value is -0.0500. The van der Waals surface area contributed by atoms with Gasteiger partial charge in [0.05, 0.1) is 0 Å². The van der Waals surface area contributed by atoms with Gasteiger partial charge < -0.3 is 5.73 Å². The molecule has 78 valence electrons. The van der Waals surface area contributed by atoms with Gasteiger partial charge in [-0.15, -0.1) is 12.4 Å². The van der Waals surface area contributed by atoms with Crippen molar-refractivity contribution in [3.8, 4) is 0 Å². The fraction of sp³-hybridized carbons (Fsp3) is 0.455. The summed E-state index contributed by atoms with van der Waals surface area (Å²) in [5, 5.41) is 0. The minimum absolute atomic E-state index is 0. The van der Waals surface area contributed by atoms with E-state index in [1.54, 1.807) is 0 Å². The molecule has 2 rings (SSSR count). The summed E-state index contributed by atoms with van der Waals surface area (Å²) in [7, 11) is 0. The first-order chi connectivity index (χ1) is 6.18. The Kier molecular flexibility index (Phi) is 3.99. The van der Waals surface area contributed by atoms with Crippen LogP contribution in [0.3, 0.4) is 0 Å². The molecule has 1 nitrogen and oxygen atoms in total. The fourth-order valence-electron chi connectivity index (χ4n) is 1.60. The van der Waals surface area contributed by atoms with Gasteiger partial charge in [0.25, 0.3) is 0 Å². The van der Waals surface area contributed by atoms with Crippen molar-refractivity contribution in [2.24, 2.45) is 11.7 Å². The second-order valence-electron chi connectivity index (χ2n) is 3.87. The summed E-state index contributed by atoms with van der Waals surface area (Å²) in [5.41, 5.74) is 8.66. The molecule has 0 aliphatic heterocycles. The molecule has 0 spiro atoms. The Morgan fingerprint density at radius 3 is 2.57 bits per heavy atom. The number of aryl methyl sites for hydroxylation is 1. The van der Waals surface area contributed by atoms with Crippen LogP contribution in [0.25, 0.3) is 0 Å². The largest absolute Gasteiger partial charge is 0.324 e. The monoisotopic (exact) mass is 275 g/mol. The highest BCUT2D eigenvalue weighted by Gasteiger charge is 2.29. The zero-order valence-corrected chi connectivity index (χ0v) is 10.6. The molecule has 1 aromatic rings. The first-order valence-corrected chi connectivity index (χ1v) is 5.49. The van der Waals surface area contributed by atoms with Crippen LogP contribution in [0, 0.1) is 12.8 Å². The van der Waals surface area contributed by atoms with Gasteiger partial charge >= 0.3 is 0 Å². The van der Waals surface area contributed by atoms with Crippen molar-refractivity contribution in [1.82, 2.24) is 0 Å². The summed E-state index contributed by atoms with van der Waals surface area (Å²) >= 11 is 3.49. The highest BCUT2D eigenvalue weighted by Crippen LogP contribution is 2.39. The Labute approximate surface area is 99.6 Å². The molecule has 3 heteroatoms. The van der Waals surface area contributed by atoms with Gasteiger partial charge in [-0.05, 0) is 42.9 Å². The molecule has 0 radical (unpaired) electrons. The van der Waals surface area contributed by atoms with E-state index < -0.39 is 0 Å². The molecule has 1 aromatic carbocycles. The maximum Gasteiger partial charge on any atom is 0.0323 e. The van der Waals surface area contributed by atoms with E-state index in [0.717, 1.165) is 5.92 Å². The van der Waals surface area contributed by atoms with Crippen molar-refractivity contribution in [1.29, 1.82) is 0 Å². The molecule has 0 saturated heterocycles. The van der Waals surface area contributed by atoms with Crippen LogP contribution in [-0.4, -0.2) is 0 Å². The Morgan fingerprint density at radius 1 is 1.43 bits per heavy atom. The first-order valence-electron chi connectivity index (χ1n) is 4.70. The van der Waals surface area contributed by atoms with Gasteiger partial charge in [-0.2, -0.15) is 0 Å². The van der Waals surface area contributed by atoms with Crippen LogP contribution in [0.5, 0.6) is 0 Å². The topological polar surface area (TPSA) is 26.0 Å². The van der Waals surface area contributed by atoms with Crippen molar-refractivity contribution < 1.29 is 0 Å². The summed E-state index contributed by atoms with van der Waals surface area (Å²) in [5.74, 6) is 0.737. The molecule has 0 heterocycles. The number of hydrogen-bond acceptors (Lipinski definition) is 1. The van der Waals surface area contributed by atoms with Crippen molar-refractivity contribution >= 4 is 28.3 Å². The van der Waals surface area contributed by atoms with E-state index >= 15 is 0 Å². The number of rotatable bonds is 2. The Balaban J connectivity index is 0.000000980. The molecule has 0 unspecified atom stereocenters. The van der Waals surface area contributed by atoms with Crippen LogP contribution in [0.4, 0.5) is 0 Å². The molecular formula is C11H15BrClN. The summed E-state index contributed by atoms with van der Waals surface area (Å²) in [4.78, 5) is 0. The lowest BCUT2D eigenvalue weighted by Crippen LogP contribution is -2.12. The SMILES string of the molecule is Cc1cc([C@H](N)C2CC2)ccc1Br.Cl. The van der Waals surface area contributed by atoms with Gasteiger partial charge in [0.1, 0.15) is 0 Å². The Bertz CT molecular complexity index is 323. The van der Waals surface area contributed by atoms with Crippen LogP contribution in [0.15, 0.2) is 22.7 Å². The molecule has 0 aromatic heterocycles. The fourth-order valence-corrected chi connectivity index (χ4v) is 1.85. The summed E-state index contributed by atoms with van der Waals surface area (Å²) in [6, 6.07) is 6.66. The summed E-state index contributed by atoms with van der Waals surface area (Å²) in [6.45, 7) is 2.10. The molecular weight excluding hydrogens is 261 g/mol. The van der Waals surface area contributed by atoms with Crippen LogP contribution in [0.2, 0.25) is 0 Å². The van der Waals surface area contributed by atoms with Crippen molar-refractivity contribution in [2.45, 2.75) is 25.8 Å². The van der Waals surface area contributed by atoms with E-state index in [9.17, 15) is 0 Å². The second kappa shape index (κ2) is 4.65. The zero-order valence-electron chi connectivity index (χ0n) is 8.16. The highest BCUT2D eigenvalue weighted by atomic mass is 79.9. The summed E-state index contributed by atoms with van der Waals surface area (Å²) < 4.78 is 1.17. The molecule has 1 saturated carbocycles. The minimum Gasteiger partial charge on any atom is -0.324 e. The molecule has 1 aliphatic rings. The van der Waals surface area contributed by atoms with Gasteiger partial charge in [0.2, 0.25) is 0 Å². The van der Waals surface area contributed by atoms with Crippen molar-refractivity contribution in [2.75, 3.05) is 0 Å². The molecule has 1 atom stereocenters. The van der Waals surface area contributed by atoms with Crippen LogP contribution >= 0.6 is 28.3 Å². The van der Waals surface area contributed by atoms with Gasteiger partial charge in [0, 0.05) is 10.5 Å². The van der Waals surface area contributed by atoms with Gasteiger partial charge in [-0.25, -0.2) is 0 Å².